The Balaban J connectivity index is 1.39. The van der Waals surface area contributed by atoms with Crippen LogP contribution in [-0.4, -0.2) is 44.1 Å². The van der Waals surface area contributed by atoms with Crippen LogP contribution in [0.5, 0.6) is 5.75 Å². The quantitative estimate of drug-likeness (QED) is 0.823. The van der Waals surface area contributed by atoms with Crippen molar-refractivity contribution in [2.75, 3.05) is 38.2 Å². The third kappa shape index (κ3) is 3.45. The number of nitrogens with zero attached hydrogens (tertiary/aromatic N) is 2. The molecule has 0 bridgehead atoms. The smallest absolute Gasteiger partial charge is 0.264 e. The van der Waals surface area contributed by atoms with E-state index in [0.717, 1.165) is 55.6 Å². The van der Waals surface area contributed by atoms with Gasteiger partial charge in [0.2, 0.25) is 0 Å². The maximum absolute atomic E-state index is 12.9. The van der Waals surface area contributed by atoms with E-state index in [1.165, 1.54) is 22.5 Å². The Kier molecular flexibility index (Phi) is 4.90. The molecule has 1 aromatic heterocycles. The van der Waals surface area contributed by atoms with Crippen molar-refractivity contribution in [1.82, 2.24) is 4.90 Å². The van der Waals surface area contributed by atoms with Gasteiger partial charge >= 0.3 is 0 Å². The zero-order valence-corrected chi connectivity index (χ0v) is 16.3. The molecule has 1 atom stereocenters. The van der Waals surface area contributed by atoms with Crippen molar-refractivity contribution in [3.8, 4) is 5.75 Å². The van der Waals surface area contributed by atoms with Gasteiger partial charge in [-0.05, 0) is 61.1 Å². The molecule has 0 spiro atoms. The molecule has 138 valence electrons. The predicted molar refractivity (Wildman–Crippen MR) is 107 cm³/mol. The SMILES string of the molecule is COc1ccc(N2CCN(C(=O)c3cc4c(s3)CCC(C)C4)CC2)cc1. The van der Waals surface area contributed by atoms with Crippen molar-refractivity contribution in [2.24, 2.45) is 5.92 Å². The fourth-order valence-electron chi connectivity index (χ4n) is 3.93. The van der Waals surface area contributed by atoms with Gasteiger partial charge in [-0.2, -0.15) is 0 Å². The summed E-state index contributed by atoms with van der Waals surface area (Å²) in [5.41, 5.74) is 2.60. The van der Waals surface area contributed by atoms with Gasteiger partial charge in [0.15, 0.2) is 0 Å². The molecular weight excluding hydrogens is 344 g/mol. The van der Waals surface area contributed by atoms with Crippen LogP contribution < -0.4 is 9.64 Å². The molecule has 5 heteroatoms. The standard InChI is InChI=1S/C21H26N2O2S/c1-15-3-8-19-16(13-15)14-20(26-19)21(24)23-11-9-22(10-12-23)17-4-6-18(25-2)7-5-17/h4-7,14-15H,3,8-13H2,1-2H3. The molecule has 0 saturated carbocycles. The lowest BCUT2D eigenvalue weighted by Gasteiger charge is -2.36. The van der Waals surface area contributed by atoms with Gasteiger partial charge in [-0.1, -0.05) is 6.92 Å². The molecular formula is C21H26N2O2S. The molecule has 0 radical (unpaired) electrons. The largest absolute Gasteiger partial charge is 0.497 e. The van der Waals surface area contributed by atoms with Gasteiger partial charge in [-0.25, -0.2) is 0 Å². The first-order valence-electron chi connectivity index (χ1n) is 9.44. The van der Waals surface area contributed by atoms with Crippen molar-refractivity contribution in [1.29, 1.82) is 0 Å². The Morgan fingerprint density at radius 1 is 1.15 bits per heavy atom. The number of anilines is 1. The van der Waals surface area contributed by atoms with Crippen LogP contribution in [-0.2, 0) is 12.8 Å². The molecule has 1 aromatic carbocycles. The average Bonchev–Trinajstić information content (AvgIpc) is 3.11. The molecule has 1 saturated heterocycles. The minimum absolute atomic E-state index is 0.214. The maximum Gasteiger partial charge on any atom is 0.264 e. The van der Waals surface area contributed by atoms with Crippen molar-refractivity contribution in [2.45, 2.75) is 26.2 Å². The minimum Gasteiger partial charge on any atom is -0.497 e. The number of hydrogen-bond donors (Lipinski definition) is 0. The molecule has 1 unspecified atom stereocenters. The lowest BCUT2D eigenvalue weighted by Crippen LogP contribution is -2.48. The van der Waals surface area contributed by atoms with E-state index < -0.39 is 0 Å². The molecule has 0 N–H and O–H groups in total. The lowest BCUT2D eigenvalue weighted by atomic mass is 9.90. The third-order valence-electron chi connectivity index (χ3n) is 5.54. The van der Waals surface area contributed by atoms with Gasteiger partial charge in [0.25, 0.3) is 5.91 Å². The molecule has 1 fully saturated rings. The van der Waals surface area contributed by atoms with Crippen LogP contribution >= 0.6 is 11.3 Å². The number of rotatable bonds is 3. The second-order valence-corrected chi connectivity index (χ2v) is 8.52. The summed E-state index contributed by atoms with van der Waals surface area (Å²) in [6.45, 7) is 5.62. The van der Waals surface area contributed by atoms with E-state index in [2.05, 4.69) is 30.0 Å². The predicted octanol–water partition coefficient (Wildman–Crippen LogP) is 3.84. The van der Waals surface area contributed by atoms with Crippen molar-refractivity contribution >= 4 is 22.9 Å². The Hall–Kier alpha value is -2.01. The van der Waals surface area contributed by atoms with Gasteiger partial charge in [0.05, 0.1) is 12.0 Å². The number of aryl methyl sites for hydroxylation is 1. The highest BCUT2D eigenvalue weighted by molar-refractivity contribution is 7.14. The number of carbonyl (C=O) groups excluding carboxylic acids is 1. The number of piperazine rings is 1. The number of ether oxygens (including phenoxy) is 1. The number of thiophene rings is 1. The summed E-state index contributed by atoms with van der Waals surface area (Å²) in [5.74, 6) is 1.83. The molecule has 26 heavy (non-hydrogen) atoms. The average molecular weight is 371 g/mol. The molecule has 1 aliphatic carbocycles. The summed E-state index contributed by atoms with van der Waals surface area (Å²) in [5, 5.41) is 0. The van der Waals surface area contributed by atoms with Gasteiger partial charge < -0.3 is 14.5 Å². The summed E-state index contributed by atoms with van der Waals surface area (Å²) in [6.07, 6.45) is 3.52. The van der Waals surface area contributed by atoms with Gasteiger partial charge in [-0.3, -0.25) is 4.79 Å². The Bertz CT molecular complexity index is 776. The summed E-state index contributed by atoms with van der Waals surface area (Å²) < 4.78 is 5.22. The Morgan fingerprint density at radius 3 is 2.58 bits per heavy atom. The van der Waals surface area contributed by atoms with E-state index in [1.807, 2.05) is 17.0 Å². The van der Waals surface area contributed by atoms with Gasteiger partial charge in [0.1, 0.15) is 5.75 Å². The van der Waals surface area contributed by atoms with Crippen LogP contribution in [0.3, 0.4) is 0 Å². The van der Waals surface area contributed by atoms with E-state index in [9.17, 15) is 4.79 Å². The van der Waals surface area contributed by atoms with Crippen LogP contribution in [0.15, 0.2) is 30.3 Å². The van der Waals surface area contributed by atoms with E-state index >= 15 is 0 Å². The molecule has 1 amide bonds. The number of fused-ring (bicyclic) bond motifs is 1. The molecule has 2 aliphatic rings. The van der Waals surface area contributed by atoms with E-state index in [4.69, 9.17) is 4.74 Å². The van der Waals surface area contributed by atoms with Crippen LogP contribution in [0.25, 0.3) is 0 Å². The van der Waals surface area contributed by atoms with Gasteiger partial charge in [0, 0.05) is 36.7 Å². The summed E-state index contributed by atoms with van der Waals surface area (Å²) in [4.78, 5) is 19.6. The summed E-state index contributed by atoms with van der Waals surface area (Å²) in [7, 11) is 1.68. The number of methoxy groups -OCH3 is 1. The van der Waals surface area contributed by atoms with E-state index in [0.29, 0.717) is 0 Å². The lowest BCUT2D eigenvalue weighted by molar-refractivity contribution is 0.0751. The van der Waals surface area contributed by atoms with Crippen LogP contribution in [0.4, 0.5) is 5.69 Å². The van der Waals surface area contributed by atoms with Crippen LogP contribution in [0, 0.1) is 5.92 Å². The summed E-state index contributed by atoms with van der Waals surface area (Å²) >= 11 is 1.72. The summed E-state index contributed by atoms with van der Waals surface area (Å²) in [6, 6.07) is 10.3. The van der Waals surface area contributed by atoms with E-state index in [1.54, 1.807) is 18.4 Å². The topological polar surface area (TPSA) is 32.8 Å². The maximum atomic E-state index is 12.9. The molecule has 1 aliphatic heterocycles. The number of carbonyl (C=O) groups is 1. The normalized spacial score (nSPS) is 20.0. The monoisotopic (exact) mass is 370 g/mol. The molecule has 4 nitrogen and oxygen atoms in total. The number of amides is 1. The first-order valence-corrected chi connectivity index (χ1v) is 10.3. The van der Waals surface area contributed by atoms with E-state index in [-0.39, 0.29) is 5.91 Å². The second kappa shape index (κ2) is 7.31. The fraction of sp³-hybridized carbons (Fsp3) is 0.476. The fourth-order valence-corrected chi connectivity index (χ4v) is 5.10. The highest BCUT2D eigenvalue weighted by Crippen LogP contribution is 2.33. The zero-order chi connectivity index (χ0) is 18.1. The highest BCUT2D eigenvalue weighted by Gasteiger charge is 2.26. The first kappa shape index (κ1) is 17.4. The molecule has 2 aromatic rings. The molecule has 2 heterocycles. The number of benzene rings is 1. The van der Waals surface area contributed by atoms with Crippen LogP contribution in [0.2, 0.25) is 0 Å². The number of hydrogen-bond acceptors (Lipinski definition) is 4. The molecule has 4 rings (SSSR count). The highest BCUT2D eigenvalue weighted by atomic mass is 32.1. The van der Waals surface area contributed by atoms with Crippen LogP contribution in [0.1, 0.15) is 33.5 Å². The Morgan fingerprint density at radius 2 is 1.88 bits per heavy atom. The zero-order valence-electron chi connectivity index (χ0n) is 15.5. The van der Waals surface area contributed by atoms with Crippen molar-refractivity contribution in [3.05, 3.63) is 45.6 Å². The van der Waals surface area contributed by atoms with Crippen molar-refractivity contribution < 1.29 is 9.53 Å². The second-order valence-electron chi connectivity index (χ2n) is 7.38. The third-order valence-corrected chi connectivity index (χ3v) is 6.77. The van der Waals surface area contributed by atoms with Gasteiger partial charge in [-0.15, -0.1) is 11.3 Å². The Labute approximate surface area is 159 Å². The minimum atomic E-state index is 0.214. The van der Waals surface area contributed by atoms with Crippen molar-refractivity contribution in [3.63, 3.8) is 0 Å². The first-order chi connectivity index (χ1) is 12.6.